The molecule has 4 rings (SSSR count). The van der Waals surface area contributed by atoms with Crippen LogP contribution in [0.1, 0.15) is 48.6 Å². The van der Waals surface area contributed by atoms with Gasteiger partial charge in [-0.15, -0.1) is 0 Å². The molecule has 158 valence electrons. The predicted octanol–water partition coefficient (Wildman–Crippen LogP) is 4.15. The van der Waals surface area contributed by atoms with Crippen LogP contribution in [-0.2, 0) is 17.9 Å². The molecule has 1 N–H and O–H groups in total. The van der Waals surface area contributed by atoms with Crippen molar-refractivity contribution < 1.29 is 9.21 Å². The van der Waals surface area contributed by atoms with Crippen LogP contribution >= 0.6 is 0 Å². The third-order valence-corrected chi connectivity index (χ3v) is 5.85. The second-order valence-electron chi connectivity index (χ2n) is 8.32. The Hall–Kier alpha value is -2.73. The van der Waals surface area contributed by atoms with E-state index in [4.69, 9.17) is 14.4 Å². The number of fused-ring (bicyclic) bond motifs is 1. The van der Waals surface area contributed by atoms with E-state index in [0.29, 0.717) is 18.9 Å². The third kappa shape index (κ3) is 5.25. The van der Waals surface area contributed by atoms with Gasteiger partial charge in [-0.05, 0) is 69.8 Å². The minimum Gasteiger partial charge on any atom is -0.465 e. The Kier molecular flexibility index (Phi) is 6.43. The van der Waals surface area contributed by atoms with Gasteiger partial charge in [0.2, 0.25) is 5.91 Å². The maximum atomic E-state index is 12.2. The first-order valence-electron chi connectivity index (χ1n) is 10.8. The normalized spacial score (nSPS) is 17.3. The van der Waals surface area contributed by atoms with E-state index in [1.807, 2.05) is 50.2 Å². The number of aromatic nitrogens is 2. The van der Waals surface area contributed by atoms with E-state index in [0.717, 1.165) is 66.4 Å². The van der Waals surface area contributed by atoms with Gasteiger partial charge in [0.25, 0.3) is 0 Å². The van der Waals surface area contributed by atoms with Crippen LogP contribution in [0.3, 0.4) is 0 Å². The van der Waals surface area contributed by atoms with Crippen molar-refractivity contribution in [1.29, 1.82) is 0 Å². The molecule has 1 fully saturated rings. The molecule has 0 spiro atoms. The lowest BCUT2D eigenvalue weighted by Gasteiger charge is -2.32. The van der Waals surface area contributed by atoms with E-state index < -0.39 is 0 Å². The molecular weight excluding hydrogens is 376 g/mol. The fraction of sp³-hybridized carbons (Fsp3) is 0.458. The SMILES string of the molecule is Cc1ccc(CNC(=O)CC[C@H]2CCCN(Cc3nc4ccccc4nc3C)C2)o1. The van der Waals surface area contributed by atoms with Crippen molar-refractivity contribution in [3.05, 3.63) is 59.3 Å². The van der Waals surface area contributed by atoms with E-state index in [2.05, 4.69) is 10.2 Å². The summed E-state index contributed by atoms with van der Waals surface area (Å²) in [6.07, 6.45) is 3.83. The molecular formula is C24H30N4O2. The molecule has 0 unspecified atom stereocenters. The van der Waals surface area contributed by atoms with Gasteiger partial charge in [-0.2, -0.15) is 0 Å². The minimum atomic E-state index is 0.0948. The summed E-state index contributed by atoms with van der Waals surface area (Å²) in [5, 5.41) is 2.96. The molecule has 1 atom stereocenters. The molecule has 1 saturated heterocycles. The first-order chi connectivity index (χ1) is 14.6. The second-order valence-corrected chi connectivity index (χ2v) is 8.32. The number of aryl methyl sites for hydroxylation is 2. The standard InChI is InChI=1S/C24H30N4O2/c1-17-9-11-20(30-17)14-25-24(29)12-10-19-6-5-13-28(15-19)16-23-18(2)26-21-7-3-4-8-22(21)27-23/h3-4,7-9,11,19H,5-6,10,12-16H2,1-2H3,(H,25,29)/t19-/m1/s1. The summed E-state index contributed by atoms with van der Waals surface area (Å²) in [6.45, 7) is 7.33. The number of furan rings is 1. The van der Waals surface area contributed by atoms with E-state index in [-0.39, 0.29) is 5.91 Å². The number of hydrogen-bond acceptors (Lipinski definition) is 5. The van der Waals surface area contributed by atoms with Crippen LogP contribution in [0, 0.1) is 19.8 Å². The van der Waals surface area contributed by atoms with Gasteiger partial charge in [-0.3, -0.25) is 9.69 Å². The van der Waals surface area contributed by atoms with Crippen LogP contribution in [0.15, 0.2) is 40.8 Å². The van der Waals surface area contributed by atoms with E-state index >= 15 is 0 Å². The van der Waals surface area contributed by atoms with Gasteiger partial charge in [-0.25, -0.2) is 9.97 Å². The quantitative estimate of drug-likeness (QED) is 0.638. The van der Waals surface area contributed by atoms with Gasteiger partial charge in [0.05, 0.1) is 29.0 Å². The number of likely N-dealkylation sites (tertiary alicyclic amines) is 1. The molecule has 3 aromatic rings. The lowest BCUT2D eigenvalue weighted by Crippen LogP contribution is -2.36. The molecule has 1 aromatic carbocycles. The Morgan fingerprint density at radius 3 is 2.73 bits per heavy atom. The van der Waals surface area contributed by atoms with E-state index in [1.165, 1.54) is 6.42 Å². The number of nitrogens with zero attached hydrogens (tertiary/aromatic N) is 3. The second kappa shape index (κ2) is 9.39. The average molecular weight is 407 g/mol. The van der Waals surface area contributed by atoms with Crippen molar-refractivity contribution in [3.63, 3.8) is 0 Å². The molecule has 2 aromatic heterocycles. The fourth-order valence-corrected chi connectivity index (χ4v) is 4.21. The van der Waals surface area contributed by atoms with Crippen LogP contribution in [0.5, 0.6) is 0 Å². The molecule has 1 amide bonds. The van der Waals surface area contributed by atoms with Crippen LogP contribution < -0.4 is 5.32 Å². The van der Waals surface area contributed by atoms with Gasteiger partial charge in [0.15, 0.2) is 0 Å². The summed E-state index contributed by atoms with van der Waals surface area (Å²) < 4.78 is 5.50. The Morgan fingerprint density at radius 2 is 1.97 bits per heavy atom. The molecule has 3 heterocycles. The van der Waals surface area contributed by atoms with Gasteiger partial charge >= 0.3 is 0 Å². The number of amides is 1. The summed E-state index contributed by atoms with van der Waals surface area (Å²) in [5.41, 5.74) is 3.96. The summed E-state index contributed by atoms with van der Waals surface area (Å²) >= 11 is 0. The zero-order valence-corrected chi connectivity index (χ0v) is 17.9. The van der Waals surface area contributed by atoms with Crippen LogP contribution in [0.4, 0.5) is 0 Å². The van der Waals surface area contributed by atoms with E-state index in [1.54, 1.807) is 0 Å². The highest BCUT2D eigenvalue weighted by atomic mass is 16.3. The number of carbonyl (C=O) groups excluding carboxylic acids is 1. The van der Waals surface area contributed by atoms with Crippen LogP contribution in [0.25, 0.3) is 11.0 Å². The van der Waals surface area contributed by atoms with Crippen molar-refractivity contribution in [1.82, 2.24) is 20.2 Å². The van der Waals surface area contributed by atoms with Crippen molar-refractivity contribution >= 4 is 16.9 Å². The maximum Gasteiger partial charge on any atom is 0.220 e. The fourth-order valence-electron chi connectivity index (χ4n) is 4.21. The largest absolute Gasteiger partial charge is 0.465 e. The zero-order valence-electron chi connectivity index (χ0n) is 17.9. The van der Waals surface area contributed by atoms with Crippen molar-refractivity contribution in [2.24, 2.45) is 5.92 Å². The van der Waals surface area contributed by atoms with Crippen molar-refractivity contribution in [2.75, 3.05) is 13.1 Å². The number of hydrogen-bond donors (Lipinski definition) is 1. The average Bonchev–Trinajstić information content (AvgIpc) is 3.17. The van der Waals surface area contributed by atoms with Gasteiger partial charge in [-0.1, -0.05) is 12.1 Å². The first-order valence-corrected chi connectivity index (χ1v) is 10.8. The number of benzene rings is 1. The highest BCUT2D eigenvalue weighted by molar-refractivity contribution is 5.75. The summed E-state index contributed by atoms with van der Waals surface area (Å²) in [6, 6.07) is 11.9. The molecule has 0 radical (unpaired) electrons. The first kappa shape index (κ1) is 20.5. The highest BCUT2D eigenvalue weighted by Gasteiger charge is 2.22. The number of para-hydroxylation sites is 2. The lowest BCUT2D eigenvalue weighted by atomic mass is 9.93. The van der Waals surface area contributed by atoms with Crippen molar-refractivity contribution in [3.8, 4) is 0 Å². The van der Waals surface area contributed by atoms with Gasteiger partial charge in [0, 0.05) is 19.5 Å². The van der Waals surface area contributed by atoms with Crippen LogP contribution in [0.2, 0.25) is 0 Å². The molecule has 0 aliphatic carbocycles. The maximum absolute atomic E-state index is 12.2. The summed E-state index contributed by atoms with van der Waals surface area (Å²) in [7, 11) is 0. The number of nitrogens with one attached hydrogen (secondary N) is 1. The highest BCUT2D eigenvalue weighted by Crippen LogP contribution is 2.23. The summed E-state index contributed by atoms with van der Waals surface area (Å²) in [4.78, 5) is 24.2. The molecule has 30 heavy (non-hydrogen) atoms. The molecule has 6 heteroatoms. The summed E-state index contributed by atoms with van der Waals surface area (Å²) in [5.74, 6) is 2.31. The third-order valence-electron chi connectivity index (χ3n) is 5.85. The Labute approximate surface area is 177 Å². The van der Waals surface area contributed by atoms with Crippen molar-refractivity contribution in [2.45, 2.75) is 52.6 Å². The molecule has 1 aliphatic rings. The van der Waals surface area contributed by atoms with E-state index in [9.17, 15) is 4.79 Å². The molecule has 0 bridgehead atoms. The monoisotopic (exact) mass is 406 g/mol. The predicted molar refractivity (Wildman–Crippen MR) is 117 cm³/mol. The number of piperidine rings is 1. The smallest absolute Gasteiger partial charge is 0.220 e. The van der Waals surface area contributed by atoms with Crippen LogP contribution in [-0.4, -0.2) is 33.9 Å². The Bertz CT molecular complexity index is 1010. The minimum absolute atomic E-state index is 0.0948. The topological polar surface area (TPSA) is 71.3 Å². The molecule has 0 saturated carbocycles. The molecule has 1 aliphatic heterocycles. The Morgan fingerprint density at radius 1 is 1.17 bits per heavy atom. The molecule has 6 nitrogen and oxygen atoms in total. The zero-order chi connectivity index (χ0) is 20.9. The Balaban J connectivity index is 1.27. The lowest BCUT2D eigenvalue weighted by molar-refractivity contribution is -0.121. The number of rotatable bonds is 7. The van der Waals surface area contributed by atoms with Gasteiger partial charge < -0.3 is 9.73 Å². The van der Waals surface area contributed by atoms with Gasteiger partial charge in [0.1, 0.15) is 11.5 Å². The number of carbonyl (C=O) groups is 1.